The van der Waals surface area contributed by atoms with E-state index < -0.39 is 0 Å². The molecule has 130 valence electrons. The number of hydrogen-bond donors (Lipinski definition) is 1. The number of nitrogens with one attached hydrogen (secondary N) is 1. The lowest BCUT2D eigenvalue weighted by atomic mass is 10.0. The molecule has 1 aliphatic carbocycles. The first kappa shape index (κ1) is 18.0. The fourth-order valence-corrected chi connectivity index (χ4v) is 3.06. The van der Waals surface area contributed by atoms with E-state index in [0.29, 0.717) is 29.4 Å². The van der Waals surface area contributed by atoms with Crippen LogP contribution in [0.2, 0.25) is 0 Å². The number of benzene rings is 1. The maximum atomic E-state index is 12.4. The van der Waals surface area contributed by atoms with Gasteiger partial charge < -0.3 is 19.5 Å². The second-order valence-corrected chi connectivity index (χ2v) is 5.90. The summed E-state index contributed by atoms with van der Waals surface area (Å²) in [6.45, 7) is 0.781. The Balaban J connectivity index is 2.05. The molecule has 0 unspecified atom stereocenters. The van der Waals surface area contributed by atoms with Crippen LogP contribution in [-0.2, 0) is 0 Å². The molecule has 1 fully saturated rings. The number of carbonyl (C=O) groups excluding carboxylic acids is 1. The van der Waals surface area contributed by atoms with Gasteiger partial charge in [-0.15, -0.1) is 6.42 Å². The van der Waals surface area contributed by atoms with Crippen LogP contribution in [0.4, 0.5) is 0 Å². The summed E-state index contributed by atoms with van der Waals surface area (Å²) in [5.41, 5.74) is 0.475. The molecule has 0 aliphatic heterocycles. The molecule has 5 nitrogen and oxygen atoms in total. The van der Waals surface area contributed by atoms with Gasteiger partial charge in [0.2, 0.25) is 5.75 Å². The zero-order valence-electron chi connectivity index (χ0n) is 14.4. The van der Waals surface area contributed by atoms with Crippen molar-refractivity contribution >= 4 is 5.91 Å². The molecule has 1 aromatic carbocycles. The summed E-state index contributed by atoms with van der Waals surface area (Å²) < 4.78 is 16.1. The highest BCUT2D eigenvalue weighted by Gasteiger charge is 2.18. The molecule has 0 aromatic heterocycles. The summed E-state index contributed by atoms with van der Waals surface area (Å²) >= 11 is 0. The van der Waals surface area contributed by atoms with E-state index in [1.165, 1.54) is 39.9 Å². The van der Waals surface area contributed by atoms with Crippen molar-refractivity contribution in [3.05, 3.63) is 17.7 Å². The van der Waals surface area contributed by atoms with Crippen molar-refractivity contribution in [3.8, 4) is 29.6 Å². The smallest absolute Gasteiger partial charge is 0.251 e. The van der Waals surface area contributed by atoms with Crippen LogP contribution < -0.4 is 19.5 Å². The minimum atomic E-state index is -0.145. The quantitative estimate of drug-likeness (QED) is 0.744. The summed E-state index contributed by atoms with van der Waals surface area (Å²) in [6, 6.07) is 3.28. The number of methoxy groups -OCH3 is 2. The Morgan fingerprint density at radius 2 is 1.88 bits per heavy atom. The zero-order chi connectivity index (χ0) is 17.4. The van der Waals surface area contributed by atoms with Crippen molar-refractivity contribution in [3.63, 3.8) is 0 Å². The van der Waals surface area contributed by atoms with Gasteiger partial charge in [-0.2, -0.15) is 0 Å². The predicted octanol–water partition coefficient (Wildman–Crippen LogP) is 3.03. The Hall–Kier alpha value is -2.35. The molecular weight excluding hydrogens is 306 g/mol. The average Bonchev–Trinajstić information content (AvgIpc) is 3.12. The highest BCUT2D eigenvalue weighted by molar-refractivity contribution is 5.95. The lowest BCUT2D eigenvalue weighted by molar-refractivity contribution is 0.0950. The fraction of sp³-hybridized carbons (Fsp3) is 0.526. The Morgan fingerprint density at radius 3 is 2.42 bits per heavy atom. The van der Waals surface area contributed by atoms with E-state index in [-0.39, 0.29) is 12.5 Å². The van der Waals surface area contributed by atoms with Crippen LogP contribution in [0.1, 0.15) is 42.5 Å². The summed E-state index contributed by atoms with van der Waals surface area (Å²) in [5.74, 6) is 4.24. The molecule has 0 spiro atoms. The molecule has 5 heteroatoms. The molecule has 0 bridgehead atoms. The molecule has 0 heterocycles. The average molecular weight is 331 g/mol. The van der Waals surface area contributed by atoms with Crippen LogP contribution in [0.5, 0.6) is 17.2 Å². The van der Waals surface area contributed by atoms with Gasteiger partial charge in [0, 0.05) is 12.1 Å². The van der Waals surface area contributed by atoms with Gasteiger partial charge in [0.25, 0.3) is 5.91 Å². The van der Waals surface area contributed by atoms with Crippen molar-refractivity contribution in [1.29, 1.82) is 0 Å². The van der Waals surface area contributed by atoms with Crippen molar-refractivity contribution in [2.45, 2.75) is 32.1 Å². The molecule has 1 saturated carbocycles. The van der Waals surface area contributed by atoms with Crippen LogP contribution in [0.3, 0.4) is 0 Å². The third kappa shape index (κ3) is 4.58. The monoisotopic (exact) mass is 331 g/mol. The molecule has 24 heavy (non-hydrogen) atoms. The SMILES string of the molecule is C#CCOc1c(OC)cc(C(=O)NCCC2CCCC2)cc1OC. The van der Waals surface area contributed by atoms with Crippen molar-refractivity contribution in [1.82, 2.24) is 5.32 Å². The summed E-state index contributed by atoms with van der Waals surface area (Å²) in [5, 5.41) is 2.97. The first-order valence-electron chi connectivity index (χ1n) is 8.30. The number of rotatable bonds is 8. The maximum Gasteiger partial charge on any atom is 0.251 e. The predicted molar refractivity (Wildman–Crippen MR) is 92.8 cm³/mol. The Bertz CT molecular complexity index is 575. The van der Waals surface area contributed by atoms with Gasteiger partial charge in [-0.25, -0.2) is 0 Å². The van der Waals surface area contributed by atoms with Crippen molar-refractivity contribution in [2.24, 2.45) is 5.92 Å². The van der Waals surface area contributed by atoms with Gasteiger partial charge in [-0.05, 0) is 24.5 Å². The summed E-state index contributed by atoms with van der Waals surface area (Å²) in [6.07, 6.45) is 11.4. The van der Waals surface area contributed by atoms with E-state index in [0.717, 1.165) is 12.3 Å². The molecule has 0 radical (unpaired) electrons. The van der Waals surface area contributed by atoms with Gasteiger partial charge in [-0.3, -0.25) is 4.79 Å². The largest absolute Gasteiger partial charge is 0.493 e. The molecule has 1 aromatic rings. The standard InChI is InChI=1S/C19H25NO4/c1-4-11-24-18-16(22-2)12-15(13-17(18)23-3)19(21)20-10-9-14-7-5-6-8-14/h1,12-14H,5-11H2,2-3H3,(H,20,21). The second kappa shape index (κ2) is 9.07. The van der Waals surface area contributed by atoms with Crippen LogP contribution in [0.15, 0.2) is 12.1 Å². The normalized spacial score (nSPS) is 14.0. The van der Waals surface area contributed by atoms with Gasteiger partial charge >= 0.3 is 0 Å². The van der Waals surface area contributed by atoms with Gasteiger partial charge in [0.05, 0.1) is 14.2 Å². The van der Waals surface area contributed by atoms with E-state index in [1.54, 1.807) is 12.1 Å². The first-order chi connectivity index (χ1) is 11.7. The van der Waals surface area contributed by atoms with E-state index in [2.05, 4.69) is 11.2 Å². The Morgan fingerprint density at radius 1 is 1.25 bits per heavy atom. The lowest BCUT2D eigenvalue weighted by Crippen LogP contribution is -2.25. The molecule has 1 aliphatic rings. The van der Waals surface area contributed by atoms with E-state index in [1.807, 2.05) is 0 Å². The highest BCUT2D eigenvalue weighted by Crippen LogP contribution is 2.38. The number of carbonyl (C=O) groups is 1. The van der Waals surface area contributed by atoms with Gasteiger partial charge in [0.1, 0.15) is 6.61 Å². The molecular formula is C19H25NO4. The third-order valence-corrected chi connectivity index (χ3v) is 4.34. The maximum absolute atomic E-state index is 12.4. The Labute approximate surface area is 143 Å². The zero-order valence-corrected chi connectivity index (χ0v) is 14.4. The summed E-state index contributed by atoms with van der Waals surface area (Å²) in [7, 11) is 3.03. The van der Waals surface area contributed by atoms with Gasteiger partial charge in [0.15, 0.2) is 11.5 Å². The minimum Gasteiger partial charge on any atom is -0.493 e. The molecule has 0 saturated heterocycles. The van der Waals surface area contributed by atoms with Crippen LogP contribution in [0, 0.1) is 18.3 Å². The Kier molecular flexibility index (Phi) is 6.80. The van der Waals surface area contributed by atoms with E-state index in [9.17, 15) is 4.79 Å². The van der Waals surface area contributed by atoms with Crippen molar-refractivity contribution < 1.29 is 19.0 Å². The van der Waals surface area contributed by atoms with Crippen molar-refractivity contribution in [2.75, 3.05) is 27.4 Å². The minimum absolute atomic E-state index is 0.0969. The topological polar surface area (TPSA) is 56.8 Å². The van der Waals surface area contributed by atoms with Crippen LogP contribution in [-0.4, -0.2) is 33.3 Å². The third-order valence-electron chi connectivity index (χ3n) is 4.34. The fourth-order valence-electron chi connectivity index (χ4n) is 3.06. The molecule has 1 amide bonds. The van der Waals surface area contributed by atoms with E-state index in [4.69, 9.17) is 20.6 Å². The van der Waals surface area contributed by atoms with Crippen LogP contribution >= 0.6 is 0 Å². The van der Waals surface area contributed by atoms with E-state index >= 15 is 0 Å². The number of ether oxygens (including phenoxy) is 3. The molecule has 1 N–H and O–H groups in total. The van der Waals surface area contributed by atoms with Crippen LogP contribution in [0.25, 0.3) is 0 Å². The lowest BCUT2D eigenvalue weighted by Gasteiger charge is -2.15. The number of hydrogen-bond acceptors (Lipinski definition) is 4. The molecule has 2 rings (SSSR count). The molecule has 0 atom stereocenters. The first-order valence-corrected chi connectivity index (χ1v) is 8.30. The number of amides is 1. The second-order valence-electron chi connectivity index (χ2n) is 5.90. The summed E-state index contributed by atoms with van der Waals surface area (Å²) in [4.78, 5) is 12.4. The number of terminal acetylenes is 1. The van der Waals surface area contributed by atoms with Gasteiger partial charge in [-0.1, -0.05) is 31.6 Å². The highest BCUT2D eigenvalue weighted by atomic mass is 16.5.